The van der Waals surface area contributed by atoms with Crippen molar-refractivity contribution in [1.82, 2.24) is 0 Å². The van der Waals surface area contributed by atoms with Crippen LogP contribution in [-0.4, -0.2) is 0 Å². The Balaban J connectivity index is 1.01. The lowest BCUT2D eigenvalue weighted by atomic mass is 9.80. The molecule has 0 unspecified atom stereocenters. The van der Waals surface area contributed by atoms with Crippen molar-refractivity contribution in [3.05, 3.63) is 210 Å². The minimum Gasteiger partial charge on any atom is -0.455 e. The first-order chi connectivity index (χ1) is 32.4. The van der Waals surface area contributed by atoms with Crippen LogP contribution in [0.2, 0.25) is 0 Å². The molecule has 2 aliphatic carbocycles. The molecule has 3 nitrogen and oxygen atoms in total. The summed E-state index contributed by atoms with van der Waals surface area (Å²) in [6.45, 7) is 16.4. The van der Waals surface area contributed by atoms with Gasteiger partial charge in [0.1, 0.15) is 22.3 Å². The van der Waals surface area contributed by atoms with Gasteiger partial charge in [-0.1, -0.05) is 170 Å². The zero-order valence-corrected chi connectivity index (χ0v) is 39.1. The molecule has 67 heavy (non-hydrogen) atoms. The van der Waals surface area contributed by atoms with Crippen molar-refractivity contribution >= 4 is 60.9 Å². The van der Waals surface area contributed by atoms with Gasteiger partial charge < -0.3 is 13.7 Å². The van der Waals surface area contributed by atoms with Crippen LogP contribution >= 0.6 is 0 Å². The normalized spacial score (nSPS) is 14.4. The predicted octanol–water partition coefficient (Wildman–Crippen LogP) is 18.2. The molecule has 2 heterocycles. The largest absolute Gasteiger partial charge is 0.455 e. The van der Waals surface area contributed by atoms with E-state index in [9.17, 15) is 0 Å². The van der Waals surface area contributed by atoms with E-state index in [2.05, 4.69) is 235 Å². The molecular weight excluding hydrogens is 815 g/mol. The summed E-state index contributed by atoms with van der Waals surface area (Å²) in [7, 11) is 0. The summed E-state index contributed by atoms with van der Waals surface area (Å²) in [5.41, 5.74) is 22.6. The molecule has 13 rings (SSSR count). The third kappa shape index (κ3) is 5.70. The highest BCUT2D eigenvalue weighted by atomic mass is 16.3. The molecule has 0 amide bonds. The van der Waals surface area contributed by atoms with Gasteiger partial charge in [-0.25, -0.2) is 0 Å². The number of fused-ring (bicyclic) bond motifs is 14. The van der Waals surface area contributed by atoms with Crippen molar-refractivity contribution in [2.45, 2.75) is 64.7 Å². The third-order valence-electron chi connectivity index (χ3n) is 15.2. The van der Waals surface area contributed by atoms with Crippen molar-refractivity contribution in [3.8, 4) is 44.5 Å². The summed E-state index contributed by atoms with van der Waals surface area (Å²) in [6.07, 6.45) is 0. The van der Waals surface area contributed by atoms with Gasteiger partial charge in [-0.3, -0.25) is 0 Å². The lowest BCUT2D eigenvalue weighted by Gasteiger charge is -2.30. The monoisotopic (exact) mass is 865 g/mol. The van der Waals surface area contributed by atoms with Gasteiger partial charge in [0.05, 0.1) is 0 Å². The van der Waals surface area contributed by atoms with Crippen LogP contribution in [0.1, 0.15) is 76.3 Å². The zero-order chi connectivity index (χ0) is 45.6. The van der Waals surface area contributed by atoms with Crippen LogP contribution in [0.25, 0.3) is 88.4 Å². The highest BCUT2D eigenvalue weighted by Crippen LogP contribution is 2.58. The maximum Gasteiger partial charge on any atom is 0.144 e. The maximum atomic E-state index is 6.91. The molecular formula is C64H51NO2. The Morgan fingerprint density at radius 3 is 1.22 bits per heavy atom. The van der Waals surface area contributed by atoms with E-state index in [0.29, 0.717) is 0 Å². The molecule has 0 atom stereocenters. The number of hydrogen-bond acceptors (Lipinski definition) is 3. The lowest BCUT2D eigenvalue weighted by molar-refractivity contribution is 0.590. The van der Waals surface area contributed by atoms with E-state index in [4.69, 9.17) is 8.83 Å². The fourth-order valence-corrected chi connectivity index (χ4v) is 11.7. The van der Waals surface area contributed by atoms with E-state index >= 15 is 0 Å². The molecule has 0 N–H and O–H groups in total. The summed E-state index contributed by atoms with van der Waals surface area (Å²) < 4.78 is 13.8. The Morgan fingerprint density at radius 2 is 0.791 bits per heavy atom. The van der Waals surface area contributed by atoms with Crippen LogP contribution in [0.15, 0.2) is 191 Å². The van der Waals surface area contributed by atoms with Gasteiger partial charge in [0, 0.05) is 60.6 Å². The molecule has 0 aliphatic heterocycles. The van der Waals surface area contributed by atoms with Crippen molar-refractivity contribution in [3.63, 3.8) is 0 Å². The molecule has 11 aromatic rings. The summed E-state index contributed by atoms with van der Waals surface area (Å²) in [5, 5.41) is 4.63. The van der Waals surface area contributed by atoms with Gasteiger partial charge in [0.15, 0.2) is 0 Å². The molecule has 0 bridgehead atoms. The number of rotatable bonds is 5. The summed E-state index contributed by atoms with van der Waals surface area (Å²) in [6, 6.07) is 66.9. The quantitative estimate of drug-likeness (QED) is 0.173. The first kappa shape index (κ1) is 39.7. The second kappa shape index (κ2) is 14.0. The minimum absolute atomic E-state index is 0.0251. The van der Waals surface area contributed by atoms with Crippen LogP contribution < -0.4 is 4.90 Å². The van der Waals surface area contributed by atoms with Gasteiger partial charge in [-0.2, -0.15) is 0 Å². The average Bonchev–Trinajstić information content (AvgIpc) is 4.04. The molecule has 0 radical (unpaired) electrons. The molecule has 2 aromatic heterocycles. The Bertz CT molecular complexity index is 3600. The van der Waals surface area contributed by atoms with Crippen molar-refractivity contribution in [2.75, 3.05) is 4.90 Å². The SMILES string of the molecule is CC(C)(C)c1ccc(N(c2ccc3c(c2)C(C)(C)c2cc(-c4ccccc4)c4c(oc5ccccc54)c2-3)c2ccc3c(c2)C(C)(C)c2cc(-c4ccccc4)c4c(oc5ccccc54)c2-3)cc1. The number of hydrogen-bond donors (Lipinski definition) is 0. The first-order valence-corrected chi connectivity index (χ1v) is 23.7. The van der Waals surface area contributed by atoms with E-state index < -0.39 is 0 Å². The Kier molecular flexibility index (Phi) is 8.27. The van der Waals surface area contributed by atoms with Gasteiger partial charge in [-0.05, 0) is 127 Å². The standard InChI is InChI=1S/C64H51NO2/c1-62(2,3)40-26-28-41(29-27-40)65(42-30-32-44-50(34-42)63(4,5)52-36-48(38-18-10-8-11-19-38)56-46-22-14-16-24-54(46)66-60(56)58(44)52)43-31-33-45-51(35-43)64(6,7)53-37-49(39-20-12-9-13-21-39)57-47-23-15-17-25-55(47)67-61(57)59(45)53/h8-37H,1-7H3. The van der Waals surface area contributed by atoms with E-state index in [1.807, 2.05) is 0 Å². The van der Waals surface area contributed by atoms with E-state index in [0.717, 1.165) is 50.2 Å². The van der Waals surface area contributed by atoms with E-state index in [-0.39, 0.29) is 16.2 Å². The van der Waals surface area contributed by atoms with E-state index in [1.165, 1.54) is 83.1 Å². The van der Waals surface area contributed by atoms with Gasteiger partial charge in [-0.15, -0.1) is 0 Å². The van der Waals surface area contributed by atoms with Crippen molar-refractivity contribution in [1.29, 1.82) is 0 Å². The second-order valence-electron chi connectivity index (χ2n) is 20.9. The van der Waals surface area contributed by atoms with Gasteiger partial charge in [0.2, 0.25) is 0 Å². The molecule has 2 aliphatic rings. The van der Waals surface area contributed by atoms with Crippen molar-refractivity contribution in [2.24, 2.45) is 0 Å². The topological polar surface area (TPSA) is 29.5 Å². The fourth-order valence-electron chi connectivity index (χ4n) is 11.7. The summed E-state index contributed by atoms with van der Waals surface area (Å²) in [5.74, 6) is 0. The van der Waals surface area contributed by atoms with Crippen LogP contribution in [0, 0.1) is 0 Å². The van der Waals surface area contributed by atoms with Crippen LogP contribution in [0.4, 0.5) is 17.1 Å². The maximum absolute atomic E-state index is 6.91. The Hall–Kier alpha value is -7.62. The Morgan fingerprint density at radius 1 is 0.388 bits per heavy atom. The second-order valence-corrected chi connectivity index (χ2v) is 20.9. The number of nitrogens with zero attached hydrogens (tertiary/aromatic N) is 1. The van der Waals surface area contributed by atoms with Crippen LogP contribution in [-0.2, 0) is 16.2 Å². The average molecular weight is 866 g/mol. The highest BCUT2D eigenvalue weighted by Gasteiger charge is 2.41. The molecule has 0 saturated carbocycles. The molecule has 9 aromatic carbocycles. The highest BCUT2D eigenvalue weighted by molar-refractivity contribution is 6.19. The van der Waals surface area contributed by atoms with E-state index in [1.54, 1.807) is 0 Å². The van der Waals surface area contributed by atoms with Crippen LogP contribution in [0.5, 0.6) is 0 Å². The smallest absolute Gasteiger partial charge is 0.144 e. The minimum atomic E-state index is -0.310. The summed E-state index contributed by atoms with van der Waals surface area (Å²) >= 11 is 0. The molecule has 0 fully saturated rings. The molecule has 0 spiro atoms. The zero-order valence-electron chi connectivity index (χ0n) is 39.1. The number of para-hydroxylation sites is 2. The van der Waals surface area contributed by atoms with Gasteiger partial charge >= 0.3 is 0 Å². The molecule has 324 valence electrons. The lowest BCUT2D eigenvalue weighted by Crippen LogP contribution is -2.18. The Labute approximate surface area is 391 Å². The van der Waals surface area contributed by atoms with Crippen molar-refractivity contribution < 1.29 is 8.83 Å². The van der Waals surface area contributed by atoms with Crippen LogP contribution in [0.3, 0.4) is 0 Å². The number of anilines is 3. The number of furan rings is 2. The number of benzene rings is 9. The third-order valence-corrected chi connectivity index (χ3v) is 15.2. The molecule has 3 heteroatoms. The summed E-state index contributed by atoms with van der Waals surface area (Å²) in [4.78, 5) is 2.46. The molecule has 0 saturated heterocycles. The van der Waals surface area contributed by atoms with Gasteiger partial charge in [0.25, 0.3) is 0 Å². The fraction of sp³-hybridized carbons (Fsp3) is 0.156. The predicted molar refractivity (Wildman–Crippen MR) is 280 cm³/mol. The first-order valence-electron chi connectivity index (χ1n) is 23.7.